The number of fused-ring (bicyclic) bond motifs is 2. The average Bonchev–Trinajstić information content (AvgIpc) is 3.16. The lowest BCUT2D eigenvalue weighted by atomic mass is 10.1. The summed E-state index contributed by atoms with van der Waals surface area (Å²) >= 11 is 0. The molecule has 0 atom stereocenters. The topological polar surface area (TPSA) is 72.2 Å². The molecule has 3 aromatic rings. The number of benzene rings is 1. The summed E-state index contributed by atoms with van der Waals surface area (Å²) in [7, 11) is 1.65. The van der Waals surface area contributed by atoms with E-state index in [9.17, 15) is 0 Å². The van der Waals surface area contributed by atoms with Crippen LogP contribution in [0.5, 0.6) is 5.88 Å². The van der Waals surface area contributed by atoms with Crippen LogP contribution in [-0.4, -0.2) is 62.9 Å². The van der Waals surface area contributed by atoms with E-state index < -0.39 is 0 Å². The number of anilines is 1. The van der Waals surface area contributed by atoms with Gasteiger partial charge in [-0.25, -0.2) is 9.97 Å². The fourth-order valence-corrected chi connectivity index (χ4v) is 4.23. The van der Waals surface area contributed by atoms with Crippen LogP contribution in [0.3, 0.4) is 0 Å². The number of piperazine rings is 1. The van der Waals surface area contributed by atoms with Crippen molar-refractivity contribution in [1.29, 1.82) is 0 Å². The molecule has 2 aromatic heterocycles. The zero-order valence-corrected chi connectivity index (χ0v) is 16.2. The molecule has 1 saturated heterocycles. The van der Waals surface area contributed by atoms with Gasteiger partial charge in [-0.2, -0.15) is 0 Å². The van der Waals surface area contributed by atoms with E-state index in [1.807, 2.05) is 6.07 Å². The molecular formula is C20H25N7O. The third-order valence-corrected chi connectivity index (χ3v) is 5.81. The van der Waals surface area contributed by atoms with Crippen molar-refractivity contribution in [2.45, 2.75) is 32.4 Å². The third-order valence-electron chi connectivity index (χ3n) is 5.81. The van der Waals surface area contributed by atoms with Gasteiger partial charge in [-0.3, -0.25) is 4.90 Å². The monoisotopic (exact) mass is 379 g/mol. The van der Waals surface area contributed by atoms with Gasteiger partial charge in [0.25, 0.3) is 0 Å². The molecule has 8 heteroatoms. The molecule has 0 spiro atoms. The van der Waals surface area contributed by atoms with Gasteiger partial charge < -0.3 is 14.2 Å². The summed E-state index contributed by atoms with van der Waals surface area (Å²) in [5.41, 5.74) is 2.10. The van der Waals surface area contributed by atoms with E-state index in [1.54, 1.807) is 13.4 Å². The summed E-state index contributed by atoms with van der Waals surface area (Å²) in [5, 5.41) is 9.79. The largest absolute Gasteiger partial charge is 0.480 e. The number of ether oxygens (including phenoxy) is 1. The molecule has 5 rings (SSSR count). The maximum atomic E-state index is 5.40. The first kappa shape index (κ1) is 17.4. The molecule has 0 amide bonds. The van der Waals surface area contributed by atoms with Gasteiger partial charge in [0.2, 0.25) is 5.88 Å². The molecule has 1 fully saturated rings. The molecular weight excluding hydrogens is 354 g/mol. The van der Waals surface area contributed by atoms with Crippen molar-refractivity contribution in [2.24, 2.45) is 0 Å². The molecule has 0 saturated carbocycles. The summed E-state index contributed by atoms with van der Waals surface area (Å²) < 4.78 is 7.72. The number of aromatic nitrogens is 5. The van der Waals surface area contributed by atoms with Crippen LogP contribution in [0.15, 0.2) is 24.5 Å². The van der Waals surface area contributed by atoms with Crippen LogP contribution in [0.25, 0.3) is 10.9 Å². The van der Waals surface area contributed by atoms with Crippen LogP contribution in [0.1, 0.15) is 24.5 Å². The first-order chi connectivity index (χ1) is 13.8. The highest BCUT2D eigenvalue weighted by atomic mass is 16.5. The minimum Gasteiger partial charge on any atom is -0.480 e. The van der Waals surface area contributed by atoms with Gasteiger partial charge in [0.15, 0.2) is 0 Å². The molecule has 4 heterocycles. The zero-order valence-electron chi connectivity index (χ0n) is 16.2. The molecule has 0 radical (unpaired) electrons. The summed E-state index contributed by atoms with van der Waals surface area (Å²) in [6.45, 7) is 5.97. The Balaban J connectivity index is 1.27. The van der Waals surface area contributed by atoms with Gasteiger partial charge in [-0.1, -0.05) is 0 Å². The van der Waals surface area contributed by atoms with Gasteiger partial charge in [0, 0.05) is 44.8 Å². The Kier molecular flexibility index (Phi) is 4.56. The van der Waals surface area contributed by atoms with E-state index in [2.05, 4.69) is 46.7 Å². The Bertz CT molecular complexity index is 978. The average molecular weight is 379 g/mol. The standard InChI is InChI=1S/C20H25N7O/c1-28-20-16-12-15(5-6-17(16)21-14-22-20)26-10-8-25(9-11-26)13-19-24-23-18-4-2-3-7-27(18)19/h5-6,12,14H,2-4,7-11,13H2,1H3. The molecule has 146 valence electrons. The van der Waals surface area contributed by atoms with Gasteiger partial charge in [0.05, 0.1) is 24.6 Å². The molecule has 8 nitrogen and oxygen atoms in total. The SMILES string of the molecule is COc1ncnc2ccc(N3CCN(Cc4nnc5n4CCCC5)CC3)cc12. The van der Waals surface area contributed by atoms with Crippen LogP contribution in [0.4, 0.5) is 5.69 Å². The second-order valence-electron chi connectivity index (χ2n) is 7.49. The van der Waals surface area contributed by atoms with Crippen molar-refractivity contribution in [2.75, 3.05) is 38.2 Å². The first-order valence-corrected chi connectivity index (χ1v) is 9.99. The lowest BCUT2D eigenvalue weighted by molar-refractivity contribution is 0.239. The van der Waals surface area contributed by atoms with E-state index >= 15 is 0 Å². The summed E-state index contributed by atoms with van der Waals surface area (Å²) in [6, 6.07) is 6.32. The third kappa shape index (κ3) is 3.17. The highest BCUT2D eigenvalue weighted by Crippen LogP contribution is 2.27. The Labute approximate surface area is 164 Å². The van der Waals surface area contributed by atoms with Gasteiger partial charge in [-0.05, 0) is 31.0 Å². The molecule has 0 bridgehead atoms. The summed E-state index contributed by atoms with van der Waals surface area (Å²) in [6.07, 6.45) is 5.08. The van der Waals surface area contributed by atoms with Gasteiger partial charge in [0.1, 0.15) is 18.0 Å². The van der Waals surface area contributed by atoms with Gasteiger partial charge >= 0.3 is 0 Å². The van der Waals surface area contributed by atoms with Crippen molar-refractivity contribution in [3.8, 4) is 5.88 Å². The molecule has 1 aromatic carbocycles. The lowest BCUT2D eigenvalue weighted by Gasteiger charge is -2.36. The second kappa shape index (κ2) is 7.35. The Morgan fingerprint density at radius 3 is 2.75 bits per heavy atom. The predicted molar refractivity (Wildman–Crippen MR) is 107 cm³/mol. The fourth-order valence-electron chi connectivity index (χ4n) is 4.23. The summed E-state index contributed by atoms with van der Waals surface area (Å²) in [5.74, 6) is 2.91. The van der Waals surface area contributed by atoms with E-state index in [0.717, 1.165) is 68.2 Å². The van der Waals surface area contributed by atoms with E-state index in [1.165, 1.54) is 18.5 Å². The van der Waals surface area contributed by atoms with E-state index in [0.29, 0.717) is 5.88 Å². The molecule has 0 unspecified atom stereocenters. The minimum atomic E-state index is 0.627. The zero-order chi connectivity index (χ0) is 18.9. The van der Waals surface area contributed by atoms with Crippen LogP contribution >= 0.6 is 0 Å². The van der Waals surface area contributed by atoms with Crippen molar-refractivity contribution in [1.82, 2.24) is 29.6 Å². The summed E-state index contributed by atoms with van der Waals surface area (Å²) in [4.78, 5) is 13.5. The van der Waals surface area contributed by atoms with Crippen LogP contribution < -0.4 is 9.64 Å². The Hall–Kier alpha value is -2.74. The highest BCUT2D eigenvalue weighted by Gasteiger charge is 2.22. The number of methoxy groups -OCH3 is 1. The van der Waals surface area contributed by atoms with Crippen LogP contribution in [0.2, 0.25) is 0 Å². The van der Waals surface area contributed by atoms with Crippen LogP contribution in [0, 0.1) is 0 Å². The number of nitrogens with zero attached hydrogens (tertiary/aromatic N) is 7. The molecule has 28 heavy (non-hydrogen) atoms. The normalized spacial score (nSPS) is 17.7. The van der Waals surface area contributed by atoms with Crippen molar-refractivity contribution < 1.29 is 4.74 Å². The Morgan fingerprint density at radius 2 is 1.89 bits per heavy atom. The molecule has 2 aliphatic heterocycles. The lowest BCUT2D eigenvalue weighted by Crippen LogP contribution is -2.46. The quantitative estimate of drug-likeness (QED) is 0.685. The van der Waals surface area contributed by atoms with Crippen molar-refractivity contribution in [3.05, 3.63) is 36.2 Å². The molecule has 2 aliphatic rings. The first-order valence-electron chi connectivity index (χ1n) is 9.99. The number of hydrogen-bond acceptors (Lipinski definition) is 7. The fraction of sp³-hybridized carbons (Fsp3) is 0.500. The smallest absolute Gasteiger partial charge is 0.224 e. The maximum absolute atomic E-state index is 5.40. The van der Waals surface area contributed by atoms with E-state index in [4.69, 9.17) is 4.74 Å². The van der Waals surface area contributed by atoms with Gasteiger partial charge in [-0.15, -0.1) is 10.2 Å². The number of rotatable bonds is 4. The Morgan fingerprint density at radius 1 is 1.00 bits per heavy atom. The van der Waals surface area contributed by atoms with Crippen LogP contribution in [-0.2, 0) is 19.5 Å². The molecule has 0 N–H and O–H groups in total. The minimum absolute atomic E-state index is 0.627. The highest BCUT2D eigenvalue weighted by molar-refractivity contribution is 5.86. The van der Waals surface area contributed by atoms with Crippen molar-refractivity contribution >= 4 is 16.6 Å². The van der Waals surface area contributed by atoms with E-state index in [-0.39, 0.29) is 0 Å². The van der Waals surface area contributed by atoms with Crippen molar-refractivity contribution in [3.63, 3.8) is 0 Å². The maximum Gasteiger partial charge on any atom is 0.224 e. The number of hydrogen-bond donors (Lipinski definition) is 0. The number of aryl methyl sites for hydroxylation is 1. The predicted octanol–water partition coefficient (Wildman–Crippen LogP) is 1.89. The second-order valence-corrected chi connectivity index (χ2v) is 7.49. The molecule has 0 aliphatic carbocycles.